The van der Waals surface area contributed by atoms with Gasteiger partial charge in [-0.2, -0.15) is 0 Å². The van der Waals surface area contributed by atoms with Gasteiger partial charge in [0.05, 0.1) is 11.0 Å². The van der Waals surface area contributed by atoms with Gasteiger partial charge in [0.25, 0.3) is 12.1 Å². The van der Waals surface area contributed by atoms with E-state index >= 15 is 0 Å². The Kier molecular flexibility index (Phi) is 3.68. The minimum Gasteiger partial charge on any atom is -0.323 e. The highest BCUT2D eigenvalue weighted by Gasteiger charge is 2.15. The first kappa shape index (κ1) is 11.5. The molecule has 0 aliphatic heterocycles. The van der Waals surface area contributed by atoms with Crippen molar-refractivity contribution in [1.29, 1.82) is 0 Å². The Labute approximate surface area is 84.9 Å². The molecule has 0 heterocycles. The lowest BCUT2D eigenvalue weighted by Crippen LogP contribution is -2.30. The molecule has 2 N–H and O–H groups in total. The van der Waals surface area contributed by atoms with E-state index in [1.807, 2.05) is 0 Å². The maximum absolute atomic E-state index is 12.1. The second-order valence-electron chi connectivity index (χ2n) is 3.13. The van der Waals surface area contributed by atoms with Crippen LogP contribution in [0.25, 0.3) is 0 Å². The van der Waals surface area contributed by atoms with Crippen LogP contribution >= 0.6 is 0 Å². The van der Waals surface area contributed by atoms with Crippen molar-refractivity contribution in [2.45, 2.75) is 18.9 Å². The lowest BCUT2D eigenvalue weighted by Gasteiger charge is -2.09. The Balaban J connectivity index is 2.68. The van der Waals surface area contributed by atoms with Crippen LogP contribution in [-0.2, 0) is 6.42 Å². The van der Waals surface area contributed by atoms with Crippen LogP contribution in [0, 0.1) is 10.1 Å². The molecule has 1 atom stereocenters. The smallest absolute Gasteiger partial charge is 0.269 e. The summed E-state index contributed by atoms with van der Waals surface area (Å²) in [5.41, 5.74) is 5.66. The summed E-state index contributed by atoms with van der Waals surface area (Å²) in [4.78, 5) is 9.76. The summed E-state index contributed by atoms with van der Waals surface area (Å²) < 4.78 is 24.2. The van der Waals surface area contributed by atoms with Crippen LogP contribution in [0.1, 0.15) is 5.56 Å². The van der Waals surface area contributed by atoms with Crippen LogP contribution in [0.2, 0.25) is 0 Å². The van der Waals surface area contributed by atoms with E-state index in [0.717, 1.165) is 0 Å². The molecule has 0 aromatic heterocycles. The number of halogens is 2. The van der Waals surface area contributed by atoms with E-state index < -0.39 is 17.4 Å². The standard InChI is InChI=1S/C9H10F2N2O2/c10-9(11)8(12)5-6-1-3-7(4-2-6)13(14)15/h1-4,8-9H,5,12H2. The van der Waals surface area contributed by atoms with Crippen LogP contribution < -0.4 is 5.73 Å². The van der Waals surface area contributed by atoms with Gasteiger partial charge in [-0.25, -0.2) is 8.78 Å². The third-order valence-electron chi connectivity index (χ3n) is 1.94. The summed E-state index contributed by atoms with van der Waals surface area (Å²) in [5, 5.41) is 10.3. The number of non-ortho nitro benzene ring substituents is 1. The first-order valence-electron chi connectivity index (χ1n) is 4.28. The summed E-state index contributed by atoms with van der Waals surface area (Å²) in [5.74, 6) is 0. The van der Waals surface area contributed by atoms with Crippen LogP contribution in [0.5, 0.6) is 0 Å². The van der Waals surface area contributed by atoms with Crippen LogP contribution in [0.15, 0.2) is 24.3 Å². The van der Waals surface area contributed by atoms with E-state index in [2.05, 4.69) is 0 Å². The molecule has 1 aromatic rings. The molecule has 0 radical (unpaired) electrons. The van der Waals surface area contributed by atoms with E-state index in [1.165, 1.54) is 24.3 Å². The highest BCUT2D eigenvalue weighted by Crippen LogP contribution is 2.14. The zero-order valence-electron chi connectivity index (χ0n) is 7.77. The van der Waals surface area contributed by atoms with Crippen molar-refractivity contribution < 1.29 is 13.7 Å². The van der Waals surface area contributed by atoms with E-state index in [-0.39, 0.29) is 12.1 Å². The topological polar surface area (TPSA) is 69.2 Å². The Morgan fingerprint density at radius 2 is 1.87 bits per heavy atom. The third-order valence-corrected chi connectivity index (χ3v) is 1.94. The number of nitro benzene ring substituents is 1. The maximum Gasteiger partial charge on any atom is 0.269 e. The highest BCUT2D eigenvalue weighted by molar-refractivity contribution is 5.33. The molecule has 0 saturated carbocycles. The zero-order chi connectivity index (χ0) is 11.4. The van der Waals surface area contributed by atoms with Crippen LogP contribution in [0.3, 0.4) is 0 Å². The number of rotatable bonds is 4. The fourth-order valence-electron chi connectivity index (χ4n) is 1.11. The largest absolute Gasteiger partial charge is 0.323 e. The molecular formula is C9H10F2N2O2. The second-order valence-corrected chi connectivity index (χ2v) is 3.13. The van der Waals surface area contributed by atoms with E-state index in [1.54, 1.807) is 0 Å². The lowest BCUT2D eigenvalue weighted by molar-refractivity contribution is -0.384. The highest BCUT2D eigenvalue weighted by atomic mass is 19.3. The number of nitro groups is 1. The number of nitrogens with two attached hydrogens (primary N) is 1. The molecular weight excluding hydrogens is 206 g/mol. The lowest BCUT2D eigenvalue weighted by atomic mass is 10.1. The minimum atomic E-state index is -2.58. The fourth-order valence-corrected chi connectivity index (χ4v) is 1.11. The van der Waals surface area contributed by atoms with Gasteiger partial charge in [0.1, 0.15) is 0 Å². The average Bonchev–Trinajstić information content (AvgIpc) is 2.18. The van der Waals surface area contributed by atoms with Crippen molar-refractivity contribution in [2.24, 2.45) is 5.73 Å². The molecule has 0 fully saturated rings. The molecule has 1 unspecified atom stereocenters. The SMILES string of the molecule is NC(Cc1ccc([N+](=O)[O-])cc1)C(F)F. The van der Waals surface area contributed by atoms with Crippen molar-refractivity contribution in [3.05, 3.63) is 39.9 Å². The van der Waals surface area contributed by atoms with Gasteiger partial charge in [0, 0.05) is 12.1 Å². The first-order valence-corrected chi connectivity index (χ1v) is 4.28. The quantitative estimate of drug-likeness (QED) is 0.615. The molecule has 0 spiro atoms. The first-order chi connectivity index (χ1) is 7.00. The van der Waals surface area contributed by atoms with Crippen molar-refractivity contribution >= 4 is 5.69 Å². The van der Waals surface area contributed by atoms with Gasteiger partial charge >= 0.3 is 0 Å². The van der Waals surface area contributed by atoms with Gasteiger partial charge in [0.2, 0.25) is 0 Å². The molecule has 0 amide bonds. The van der Waals surface area contributed by atoms with Crippen LogP contribution in [0.4, 0.5) is 14.5 Å². The van der Waals surface area contributed by atoms with Crippen molar-refractivity contribution in [2.75, 3.05) is 0 Å². The van der Waals surface area contributed by atoms with Gasteiger partial charge in [-0.3, -0.25) is 10.1 Å². The molecule has 0 aliphatic rings. The van der Waals surface area contributed by atoms with Gasteiger partial charge in [-0.15, -0.1) is 0 Å². The van der Waals surface area contributed by atoms with E-state index in [0.29, 0.717) is 5.56 Å². The third kappa shape index (κ3) is 3.25. The molecule has 15 heavy (non-hydrogen) atoms. The van der Waals surface area contributed by atoms with Gasteiger partial charge in [-0.1, -0.05) is 12.1 Å². The van der Waals surface area contributed by atoms with Gasteiger partial charge in [0.15, 0.2) is 0 Å². The Hall–Kier alpha value is -1.56. The number of hydrogen-bond donors (Lipinski definition) is 1. The van der Waals surface area contributed by atoms with E-state index in [4.69, 9.17) is 5.73 Å². The predicted molar refractivity (Wildman–Crippen MR) is 50.8 cm³/mol. The summed E-state index contributed by atoms with van der Waals surface area (Å²) in [6.07, 6.45) is -2.57. The molecule has 82 valence electrons. The maximum atomic E-state index is 12.1. The molecule has 1 rings (SSSR count). The Morgan fingerprint density at radius 3 is 2.27 bits per heavy atom. The molecule has 0 aliphatic carbocycles. The molecule has 4 nitrogen and oxygen atoms in total. The Bertz CT molecular complexity index is 340. The summed E-state index contributed by atoms with van der Waals surface area (Å²) in [6.45, 7) is 0. The minimum absolute atomic E-state index is 0.00958. The Morgan fingerprint density at radius 1 is 1.33 bits per heavy atom. The monoisotopic (exact) mass is 216 g/mol. The molecule has 0 bridgehead atoms. The normalized spacial score (nSPS) is 12.8. The van der Waals surface area contributed by atoms with Crippen LogP contribution in [-0.4, -0.2) is 17.4 Å². The number of hydrogen-bond acceptors (Lipinski definition) is 3. The number of nitrogens with zero attached hydrogens (tertiary/aromatic N) is 1. The van der Waals surface area contributed by atoms with E-state index in [9.17, 15) is 18.9 Å². The van der Waals surface area contributed by atoms with Gasteiger partial charge in [-0.05, 0) is 12.0 Å². The summed E-state index contributed by atoms with van der Waals surface area (Å²) in [7, 11) is 0. The summed E-state index contributed by atoms with van der Waals surface area (Å²) in [6, 6.07) is 4.17. The van der Waals surface area contributed by atoms with Crippen molar-refractivity contribution in [3.8, 4) is 0 Å². The zero-order valence-corrected chi connectivity index (χ0v) is 7.77. The number of benzene rings is 1. The molecule has 1 aromatic carbocycles. The average molecular weight is 216 g/mol. The predicted octanol–water partition coefficient (Wildman–Crippen LogP) is 1.73. The van der Waals surface area contributed by atoms with Gasteiger partial charge < -0.3 is 5.73 Å². The van der Waals surface area contributed by atoms with Crippen molar-refractivity contribution in [3.63, 3.8) is 0 Å². The van der Waals surface area contributed by atoms with Crippen molar-refractivity contribution in [1.82, 2.24) is 0 Å². The second kappa shape index (κ2) is 4.79. The number of alkyl halides is 2. The molecule has 0 saturated heterocycles. The summed E-state index contributed by atoms with van der Waals surface area (Å²) >= 11 is 0. The molecule has 6 heteroatoms. The fraction of sp³-hybridized carbons (Fsp3) is 0.333.